The second kappa shape index (κ2) is 8.62. The number of hydrogen-bond donors (Lipinski definition) is 1. The summed E-state index contributed by atoms with van der Waals surface area (Å²) in [7, 11) is 0. The lowest BCUT2D eigenvalue weighted by Gasteiger charge is -2.34. The summed E-state index contributed by atoms with van der Waals surface area (Å²) in [6.45, 7) is 9.06. The van der Waals surface area contributed by atoms with Crippen LogP contribution in [0.3, 0.4) is 0 Å². The first-order valence-corrected chi connectivity index (χ1v) is 9.30. The molecule has 0 unspecified atom stereocenters. The van der Waals surface area contributed by atoms with E-state index >= 15 is 0 Å². The van der Waals surface area contributed by atoms with E-state index in [-0.39, 0.29) is 5.91 Å². The second-order valence-electron chi connectivity index (χ2n) is 6.84. The predicted molar refractivity (Wildman–Crippen MR) is 106 cm³/mol. The molecule has 6 heteroatoms. The summed E-state index contributed by atoms with van der Waals surface area (Å²) in [4.78, 5) is 21.1. The molecule has 0 atom stereocenters. The number of rotatable bonds is 5. The Balaban J connectivity index is 1.45. The molecule has 1 saturated heterocycles. The van der Waals surface area contributed by atoms with Gasteiger partial charge in [-0.2, -0.15) is 0 Å². The third kappa shape index (κ3) is 5.04. The number of hydrogen-bond acceptors (Lipinski definition) is 4. The summed E-state index contributed by atoms with van der Waals surface area (Å²) in [5.41, 5.74) is 4.38. The van der Waals surface area contributed by atoms with E-state index in [1.165, 1.54) is 5.56 Å². The quantitative estimate of drug-likeness (QED) is 0.819. The highest BCUT2D eigenvalue weighted by molar-refractivity contribution is 6.29. The van der Waals surface area contributed by atoms with Crippen molar-refractivity contribution in [3.63, 3.8) is 0 Å². The highest BCUT2D eigenvalue weighted by atomic mass is 35.5. The van der Waals surface area contributed by atoms with Gasteiger partial charge in [0.15, 0.2) is 0 Å². The van der Waals surface area contributed by atoms with Gasteiger partial charge in [0.2, 0.25) is 5.91 Å². The summed E-state index contributed by atoms with van der Waals surface area (Å²) < 4.78 is 0. The van der Waals surface area contributed by atoms with Gasteiger partial charge in [0.1, 0.15) is 5.15 Å². The first-order valence-electron chi connectivity index (χ1n) is 8.92. The first kappa shape index (κ1) is 18.8. The topological polar surface area (TPSA) is 48.5 Å². The largest absolute Gasteiger partial charge is 0.325 e. The maximum atomic E-state index is 12.4. The molecule has 0 radical (unpaired) electrons. The number of piperazine rings is 1. The number of anilines is 1. The Bertz CT molecular complexity index is 755. The van der Waals surface area contributed by atoms with Gasteiger partial charge < -0.3 is 5.32 Å². The highest BCUT2D eigenvalue weighted by Crippen LogP contribution is 2.18. The molecule has 1 aliphatic heterocycles. The summed E-state index contributed by atoms with van der Waals surface area (Å²) in [6.07, 6.45) is 1.83. The fourth-order valence-corrected chi connectivity index (χ4v) is 3.25. The fourth-order valence-electron chi connectivity index (χ4n) is 3.14. The number of aromatic nitrogens is 1. The van der Waals surface area contributed by atoms with Gasteiger partial charge in [-0.3, -0.25) is 14.6 Å². The minimum absolute atomic E-state index is 0.0500. The van der Waals surface area contributed by atoms with Crippen LogP contribution in [0.15, 0.2) is 36.5 Å². The molecule has 2 aromatic rings. The van der Waals surface area contributed by atoms with Crippen molar-refractivity contribution in [3.05, 3.63) is 58.4 Å². The Morgan fingerprint density at radius 2 is 1.85 bits per heavy atom. The van der Waals surface area contributed by atoms with Gasteiger partial charge in [-0.1, -0.05) is 29.8 Å². The van der Waals surface area contributed by atoms with Crippen LogP contribution in [0.2, 0.25) is 5.15 Å². The summed E-state index contributed by atoms with van der Waals surface area (Å²) >= 11 is 5.83. The Labute approximate surface area is 160 Å². The average Bonchev–Trinajstić information content (AvgIpc) is 2.62. The number of halogens is 1. The number of aryl methyl sites for hydroxylation is 1. The van der Waals surface area contributed by atoms with E-state index in [2.05, 4.69) is 33.1 Å². The maximum Gasteiger partial charge on any atom is 0.238 e. The van der Waals surface area contributed by atoms with Crippen molar-refractivity contribution < 1.29 is 4.79 Å². The van der Waals surface area contributed by atoms with Crippen LogP contribution < -0.4 is 5.32 Å². The molecule has 1 N–H and O–H groups in total. The second-order valence-corrected chi connectivity index (χ2v) is 7.22. The maximum absolute atomic E-state index is 12.4. The van der Waals surface area contributed by atoms with Gasteiger partial charge in [0.25, 0.3) is 0 Å². The number of nitrogens with zero attached hydrogens (tertiary/aromatic N) is 3. The van der Waals surface area contributed by atoms with Crippen molar-refractivity contribution in [2.24, 2.45) is 0 Å². The lowest BCUT2D eigenvalue weighted by atomic mass is 10.1. The van der Waals surface area contributed by atoms with Crippen LogP contribution in [0.25, 0.3) is 0 Å². The molecular weight excluding hydrogens is 348 g/mol. The third-order valence-electron chi connectivity index (χ3n) is 4.91. The van der Waals surface area contributed by atoms with E-state index in [1.54, 1.807) is 0 Å². The molecule has 3 rings (SSSR count). The Morgan fingerprint density at radius 1 is 1.12 bits per heavy atom. The number of nitrogens with one attached hydrogen (secondary N) is 1. The Kier molecular flexibility index (Phi) is 6.25. The van der Waals surface area contributed by atoms with E-state index in [4.69, 9.17) is 11.6 Å². The summed E-state index contributed by atoms with van der Waals surface area (Å²) in [5, 5.41) is 3.56. The zero-order valence-corrected chi connectivity index (χ0v) is 16.1. The van der Waals surface area contributed by atoms with Gasteiger partial charge in [-0.25, -0.2) is 4.98 Å². The van der Waals surface area contributed by atoms with E-state index in [1.807, 2.05) is 37.4 Å². The molecule has 0 saturated carbocycles. The Hall–Kier alpha value is -1.95. The summed E-state index contributed by atoms with van der Waals surface area (Å²) in [5.74, 6) is 0.0500. The van der Waals surface area contributed by atoms with Crippen molar-refractivity contribution in [3.8, 4) is 0 Å². The Morgan fingerprint density at radius 3 is 2.54 bits per heavy atom. The molecule has 1 aromatic heterocycles. The molecule has 1 aliphatic rings. The predicted octanol–water partition coefficient (Wildman–Crippen LogP) is 3.11. The molecule has 1 amide bonds. The van der Waals surface area contributed by atoms with Gasteiger partial charge in [-0.05, 0) is 42.7 Å². The van der Waals surface area contributed by atoms with Crippen molar-refractivity contribution >= 4 is 23.2 Å². The molecule has 5 nitrogen and oxygen atoms in total. The van der Waals surface area contributed by atoms with Crippen molar-refractivity contribution in [2.45, 2.75) is 20.4 Å². The number of benzene rings is 1. The minimum atomic E-state index is 0.0500. The lowest BCUT2D eigenvalue weighted by Crippen LogP contribution is -2.48. The van der Waals surface area contributed by atoms with Crippen LogP contribution in [-0.2, 0) is 11.3 Å². The smallest absolute Gasteiger partial charge is 0.238 e. The van der Waals surface area contributed by atoms with Crippen LogP contribution in [-0.4, -0.2) is 53.4 Å². The molecule has 0 aliphatic carbocycles. The highest BCUT2D eigenvalue weighted by Gasteiger charge is 2.19. The molecular formula is C20H25ClN4O. The molecule has 26 heavy (non-hydrogen) atoms. The van der Waals surface area contributed by atoms with E-state index < -0.39 is 0 Å². The molecule has 1 aromatic carbocycles. The SMILES string of the molecule is Cc1cccc(NC(=O)CN2CCN(Cc3ccc(Cl)nc3)CC2)c1C. The van der Waals surface area contributed by atoms with Crippen LogP contribution in [0, 0.1) is 13.8 Å². The third-order valence-corrected chi connectivity index (χ3v) is 5.13. The van der Waals surface area contributed by atoms with Crippen molar-refractivity contribution in [1.29, 1.82) is 0 Å². The minimum Gasteiger partial charge on any atom is -0.325 e. The zero-order chi connectivity index (χ0) is 18.5. The van der Waals surface area contributed by atoms with Gasteiger partial charge >= 0.3 is 0 Å². The zero-order valence-electron chi connectivity index (χ0n) is 15.3. The molecule has 138 valence electrons. The average molecular weight is 373 g/mol. The van der Waals surface area contributed by atoms with E-state index in [0.717, 1.165) is 49.5 Å². The van der Waals surface area contributed by atoms with Gasteiger partial charge in [0.05, 0.1) is 6.54 Å². The van der Waals surface area contributed by atoms with Gasteiger partial charge in [-0.15, -0.1) is 0 Å². The number of amides is 1. The van der Waals surface area contributed by atoms with Crippen LogP contribution in [0.4, 0.5) is 5.69 Å². The van der Waals surface area contributed by atoms with Crippen LogP contribution in [0.5, 0.6) is 0 Å². The van der Waals surface area contributed by atoms with E-state index in [0.29, 0.717) is 11.7 Å². The van der Waals surface area contributed by atoms with Crippen LogP contribution in [0.1, 0.15) is 16.7 Å². The molecule has 1 fully saturated rings. The summed E-state index contributed by atoms with van der Waals surface area (Å²) in [6, 6.07) is 9.82. The number of carbonyl (C=O) groups excluding carboxylic acids is 1. The van der Waals surface area contributed by atoms with Crippen molar-refractivity contribution in [1.82, 2.24) is 14.8 Å². The fraction of sp³-hybridized carbons (Fsp3) is 0.400. The van der Waals surface area contributed by atoms with Gasteiger partial charge in [0, 0.05) is 44.6 Å². The lowest BCUT2D eigenvalue weighted by molar-refractivity contribution is -0.117. The number of pyridine rings is 1. The molecule has 2 heterocycles. The van der Waals surface area contributed by atoms with E-state index in [9.17, 15) is 4.79 Å². The van der Waals surface area contributed by atoms with Crippen LogP contribution >= 0.6 is 11.6 Å². The normalized spacial score (nSPS) is 15.8. The standard InChI is InChI=1S/C20H25ClN4O/c1-15-4-3-5-18(16(15)2)23-20(26)14-25-10-8-24(9-11-25)13-17-6-7-19(21)22-12-17/h3-7,12H,8-11,13-14H2,1-2H3,(H,23,26). The molecule has 0 bridgehead atoms. The number of carbonyl (C=O) groups is 1. The monoisotopic (exact) mass is 372 g/mol. The first-order chi connectivity index (χ1) is 12.5. The molecule has 0 spiro atoms. The van der Waals surface area contributed by atoms with Crippen molar-refractivity contribution in [2.75, 3.05) is 38.0 Å².